The zero-order valence-electron chi connectivity index (χ0n) is 22.2. The van der Waals surface area contributed by atoms with Gasteiger partial charge in [0.2, 0.25) is 11.8 Å². The molecule has 0 fully saturated rings. The van der Waals surface area contributed by atoms with E-state index in [-0.39, 0.29) is 17.9 Å². The number of esters is 1. The number of hydrogen-bond donors (Lipinski definition) is 2. The van der Waals surface area contributed by atoms with Gasteiger partial charge in [-0.05, 0) is 51.5 Å². The molecule has 1 aromatic rings. The average Bonchev–Trinajstić information content (AvgIpc) is 2.72. The molecule has 0 spiro atoms. The number of nitrogens with one attached hydrogen (secondary N) is 2. The summed E-state index contributed by atoms with van der Waals surface area (Å²) in [6.07, 6.45) is 3.19. The van der Waals surface area contributed by atoms with Gasteiger partial charge in [0.15, 0.2) is 0 Å². The van der Waals surface area contributed by atoms with Crippen molar-refractivity contribution in [2.24, 2.45) is 17.3 Å². The third kappa shape index (κ3) is 9.32. The molecule has 190 valence electrons. The van der Waals surface area contributed by atoms with Crippen LogP contribution in [0.1, 0.15) is 86.3 Å². The lowest BCUT2D eigenvalue weighted by Gasteiger charge is -2.34. The molecule has 4 unspecified atom stereocenters. The Morgan fingerprint density at radius 2 is 1.56 bits per heavy atom. The molecule has 1 aromatic carbocycles. The molecule has 0 radical (unpaired) electrons. The minimum atomic E-state index is -0.778. The number of carbonyl (C=O) groups is 3. The molecule has 2 amide bonds. The predicted molar refractivity (Wildman–Crippen MR) is 137 cm³/mol. The highest BCUT2D eigenvalue weighted by atomic mass is 16.6. The monoisotopic (exact) mass is 472 g/mol. The fourth-order valence-corrected chi connectivity index (χ4v) is 3.85. The Morgan fingerprint density at radius 1 is 0.971 bits per heavy atom. The van der Waals surface area contributed by atoms with Gasteiger partial charge in [0.25, 0.3) is 0 Å². The molecule has 0 aromatic heterocycles. The SMILES string of the molecule is C=CCC(C(=O)NC(C(=O)NC(C)c1ccccc1)C(C)(C)C)C(CCC)C(=O)OC(C)(C)C. The topological polar surface area (TPSA) is 84.5 Å². The van der Waals surface area contributed by atoms with Gasteiger partial charge in [-0.2, -0.15) is 0 Å². The Balaban J connectivity index is 3.13. The van der Waals surface area contributed by atoms with Crippen LogP contribution in [-0.2, 0) is 19.1 Å². The molecule has 0 heterocycles. The number of rotatable bonds is 11. The Labute approximate surface area is 205 Å². The average molecular weight is 473 g/mol. The van der Waals surface area contributed by atoms with Gasteiger partial charge in [0.1, 0.15) is 11.6 Å². The molecule has 0 bridgehead atoms. The fourth-order valence-electron chi connectivity index (χ4n) is 3.85. The molecule has 0 aliphatic rings. The summed E-state index contributed by atoms with van der Waals surface area (Å²) in [6, 6.07) is 8.68. The summed E-state index contributed by atoms with van der Waals surface area (Å²) < 4.78 is 5.62. The summed E-state index contributed by atoms with van der Waals surface area (Å²) in [5.74, 6) is -2.29. The van der Waals surface area contributed by atoms with Gasteiger partial charge in [0, 0.05) is 0 Å². The molecule has 1 rings (SSSR count). The molecule has 0 aliphatic heterocycles. The van der Waals surface area contributed by atoms with E-state index >= 15 is 0 Å². The molecule has 0 saturated heterocycles. The Morgan fingerprint density at radius 3 is 2.03 bits per heavy atom. The Bertz CT molecular complexity index is 821. The van der Waals surface area contributed by atoms with Crippen molar-refractivity contribution in [1.29, 1.82) is 0 Å². The van der Waals surface area contributed by atoms with Gasteiger partial charge in [-0.15, -0.1) is 6.58 Å². The van der Waals surface area contributed by atoms with Crippen molar-refractivity contribution < 1.29 is 19.1 Å². The summed E-state index contributed by atoms with van der Waals surface area (Å²) in [4.78, 5) is 39.7. The number of ether oxygens (including phenoxy) is 1. The van der Waals surface area contributed by atoms with Crippen molar-refractivity contribution in [3.8, 4) is 0 Å². The Hall–Kier alpha value is -2.63. The van der Waals surface area contributed by atoms with E-state index in [0.717, 1.165) is 12.0 Å². The first-order valence-electron chi connectivity index (χ1n) is 12.2. The number of hydrogen-bond acceptors (Lipinski definition) is 4. The summed E-state index contributed by atoms with van der Waals surface area (Å²) in [5.41, 5.74) is -0.215. The van der Waals surface area contributed by atoms with Crippen LogP contribution in [-0.4, -0.2) is 29.4 Å². The van der Waals surface area contributed by atoms with Crippen LogP contribution in [0.25, 0.3) is 0 Å². The van der Waals surface area contributed by atoms with Gasteiger partial charge in [-0.1, -0.05) is 70.5 Å². The van der Waals surface area contributed by atoms with Crippen LogP contribution in [0.2, 0.25) is 0 Å². The van der Waals surface area contributed by atoms with E-state index in [9.17, 15) is 14.4 Å². The minimum absolute atomic E-state index is 0.214. The molecule has 6 heteroatoms. The first-order chi connectivity index (χ1) is 15.7. The van der Waals surface area contributed by atoms with E-state index in [4.69, 9.17) is 4.74 Å². The lowest BCUT2D eigenvalue weighted by Crippen LogP contribution is -2.56. The number of allylic oxidation sites excluding steroid dienone is 1. The van der Waals surface area contributed by atoms with Crippen molar-refractivity contribution in [1.82, 2.24) is 10.6 Å². The Kier molecular flexibility index (Phi) is 11.0. The van der Waals surface area contributed by atoms with Gasteiger partial charge in [-0.25, -0.2) is 0 Å². The summed E-state index contributed by atoms with van der Waals surface area (Å²) in [7, 11) is 0. The maximum atomic E-state index is 13.5. The minimum Gasteiger partial charge on any atom is -0.460 e. The maximum absolute atomic E-state index is 13.5. The van der Waals surface area contributed by atoms with Crippen LogP contribution in [0.15, 0.2) is 43.0 Å². The molecular weight excluding hydrogens is 428 g/mol. The van der Waals surface area contributed by atoms with Gasteiger partial charge in [-0.3, -0.25) is 14.4 Å². The second-order valence-corrected chi connectivity index (χ2v) is 11.0. The van der Waals surface area contributed by atoms with Crippen molar-refractivity contribution in [2.45, 2.75) is 92.3 Å². The third-order valence-electron chi connectivity index (χ3n) is 5.63. The summed E-state index contributed by atoms with van der Waals surface area (Å²) in [5, 5.41) is 5.97. The number of benzene rings is 1. The molecule has 4 atom stereocenters. The molecule has 0 saturated carbocycles. The number of carbonyl (C=O) groups excluding carboxylic acids is 3. The van der Waals surface area contributed by atoms with Gasteiger partial charge >= 0.3 is 5.97 Å². The first kappa shape index (κ1) is 29.4. The largest absolute Gasteiger partial charge is 0.460 e. The van der Waals surface area contributed by atoms with E-state index in [1.165, 1.54) is 0 Å². The highest BCUT2D eigenvalue weighted by molar-refractivity contribution is 5.91. The van der Waals surface area contributed by atoms with Crippen molar-refractivity contribution in [2.75, 3.05) is 0 Å². The molecule has 2 N–H and O–H groups in total. The lowest BCUT2D eigenvalue weighted by molar-refractivity contribution is -0.164. The molecule has 6 nitrogen and oxygen atoms in total. The van der Waals surface area contributed by atoms with E-state index in [2.05, 4.69) is 17.2 Å². The van der Waals surface area contributed by atoms with Crippen LogP contribution in [0.3, 0.4) is 0 Å². The molecule has 34 heavy (non-hydrogen) atoms. The second-order valence-electron chi connectivity index (χ2n) is 11.0. The maximum Gasteiger partial charge on any atom is 0.310 e. The van der Waals surface area contributed by atoms with Crippen molar-refractivity contribution >= 4 is 17.8 Å². The lowest BCUT2D eigenvalue weighted by atomic mass is 9.82. The van der Waals surface area contributed by atoms with Crippen molar-refractivity contribution in [3.05, 3.63) is 48.6 Å². The van der Waals surface area contributed by atoms with Crippen LogP contribution < -0.4 is 10.6 Å². The van der Waals surface area contributed by atoms with E-state index in [1.807, 2.05) is 85.7 Å². The van der Waals surface area contributed by atoms with E-state index in [1.54, 1.807) is 6.08 Å². The number of amides is 2. The normalized spacial score (nSPS) is 15.4. The highest BCUT2D eigenvalue weighted by Crippen LogP contribution is 2.28. The molecular formula is C28H44N2O4. The summed E-state index contributed by atoms with van der Waals surface area (Å²) in [6.45, 7) is 18.8. The quantitative estimate of drug-likeness (QED) is 0.336. The van der Waals surface area contributed by atoms with Gasteiger partial charge < -0.3 is 15.4 Å². The van der Waals surface area contributed by atoms with Crippen LogP contribution in [0, 0.1) is 17.3 Å². The van der Waals surface area contributed by atoms with E-state index in [0.29, 0.717) is 12.8 Å². The summed E-state index contributed by atoms with van der Waals surface area (Å²) >= 11 is 0. The fraction of sp³-hybridized carbons (Fsp3) is 0.607. The van der Waals surface area contributed by atoms with E-state index < -0.39 is 34.9 Å². The highest BCUT2D eigenvalue weighted by Gasteiger charge is 2.39. The third-order valence-corrected chi connectivity index (χ3v) is 5.63. The van der Waals surface area contributed by atoms with Crippen LogP contribution >= 0.6 is 0 Å². The van der Waals surface area contributed by atoms with Gasteiger partial charge in [0.05, 0.1) is 17.9 Å². The van der Waals surface area contributed by atoms with Crippen LogP contribution in [0.5, 0.6) is 0 Å². The zero-order valence-corrected chi connectivity index (χ0v) is 22.2. The smallest absolute Gasteiger partial charge is 0.310 e. The predicted octanol–water partition coefficient (Wildman–Crippen LogP) is 5.35. The molecule has 0 aliphatic carbocycles. The second kappa shape index (κ2) is 12.7. The van der Waals surface area contributed by atoms with Crippen molar-refractivity contribution in [3.63, 3.8) is 0 Å². The zero-order chi connectivity index (χ0) is 26.1. The standard InChI is InChI=1S/C28H44N2O4/c1-10-15-21(22(16-11-2)26(33)34-28(7,8)9)24(31)30-23(27(4,5)6)25(32)29-19(3)20-17-13-12-14-18-20/h10,12-14,17-19,21-23H,1,11,15-16H2,2-9H3,(H,29,32)(H,30,31). The first-order valence-corrected chi connectivity index (χ1v) is 12.2. The van der Waals surface area contributed by atoms with Crippen LogP contribution in [0.4, 0.5) is 0 Å².